The number of amides is 1. The summed E-state index contributed by atoms with van der Waals surface area (Å²) >= 11 is 1.39. The van der Waals surface area contributed by atoms with Crippen molar-refractivity contribution in [3.8, 4) is 11.3 Å². The lowest BCUT2D eigenvalue weighted by atomic mass is 9.94. The number of fused-ring (bicyclic) bond motifs is 1. The molecule has 1 aromatic carbocycles. The predicted molar refractivity (Wildman–Crippen MR) is 116 cm³/mol. The third kappa shape index (κ3) is 4.21. The highest BCUT2D eigenvalue weighted by Gasteiger charge is 2.20. The van der Waals surface area contributed by atoms with Gasteiger partial charge in [0.1, 0.15) is 16.3 Å². The number of hydrogen-bond acceptors (Lipinski definition) is 4. The third-order valence-electron chi connectivity index (χ3n) is 5.81. The van der Waals surface area contributed by atoms with Crippen molar-refractivity contribution in [2.75, 3.05) is 20.1 Å². The van der Waals surface area contributed by atoms with Crippen LogP contribution in [0.2, 0.25) is 0 Å². The van der Waals surface area contributed by atoms with Crippen LogP contribution in [-0.4, -0.2) is 46.8 Å². The van der Waals surface area contributed by atoms with Crippen LogP contribution < -0.4 is 5.32 Å². The number of hydrogen-bond donors (Lipinski definition) is 1. The molecule has 0 unspecified atom stereocenters. The first-order valence-electron chi connectivity index (χ1n) is 10.2. The van der Waals surface area contributed by atoms with E-state index in [0.29, 0.717) is 28.7 Å². The maximum Gasteiger partial charge on any atom is 0.261 e. The summed E-state index contributed by atoms with van der Waals surface area (Å²) in [5, 5.41) is 8.32. The van der Waals surface area contributed by atoms with Crippen molar-refractivity contribution in [1.82, 2.24) is 20.0 Å². The minimum atomic E-state index is -0.310. The number of carbonyl (C=O) groups is 1. The van der Waals surface area contributed by atoms with Crippen LogP contribution in [0.3, 0.4) is 0 Å². The van der Waals surface area contributed by atoms with Gasteiger partial charge in [0.05, 0.1) is 4.88 Å². The summed E-state index contributed by atoms with van der Waals surface area (Å²) in [7, 11) is 3.97. The highest BCUT2D eigenvalue weighted by molar-refractivity contribution is 7.20. The molecule has 1 amide bonds. The molecule has 0 radical (unpaired) electrons. The van der Waals surface area contributed by atoms with Gasteiger partial charge in [-0.05, 0) is 38.1 Å². The molecule has 29 heavy (non-hydrogen) atoms. The Kier molecular flexibility index (Phi) is 5.96. The molecule has 7 heteroatoms. The zero-order valence-electron chi connectivity index (χ0n) is 16.9. The quantitative estimate of drug-likeness (QED) is 0.649. The highest BCUT2D eigenvalue weighted by atomic mass is 32.1. The van der Waals surface area contributed by atoms with Gasteiger partial charge in [0, 0.05) is 37.1 Å². The summed E-state index contributed by atoms with van der Waals surface area (Å²) in [4.78, 5) is 16.5. The molecule has 0 bridgehead atoms. The molecule has 1 saturated carbocycles. The van der Waals surface area contributed by atoms with Gasteiger partial charge in [-0.25, -0.2) is 4.39 Å². The Labute approximate surface area is 174 Å². The molecule has 0 atom stereocenters. The fourth-order valence-corrected chi connectivity index (χ4v) is 5.13. The first-order valence-corrected chi connectivity index (χ1v) is 11.1. The Morgan fingerprint density at radius 3 is 2.83 bits per heavy atom. The van der Waals surface area contributed by atoms with E-state index < -0.39 is 0 Å². The second kappa shape index (κ2) is 8.63. The number of likely N-dealkylation sites (N-methyl/N-ethyl adjacent to an activating group) is 1. The monoisotopic (exact) mass is 414 g/mol. The van der Waals surface area contributed by atoms with E-state index in [1.54, 1.807) is 22.9 Å². The Balaban J connectivity index is 1.45. The summed E-state index contributed by atoms with van der Waals surface area (Å²) in [6.07, 6.45) is 6.47. The number of halogens is 1. The number of aryl methyl sites for hydroxylation is 1. The van der Waals surface area contributed by atoms with Crippen molar-refractivity contribution < 1.29 is 9.18 Å². The van der Waals surface area contributed by atoms with Gasteiger partial charge in [-0.15, -0.1) is 11.3 Å². The average molecular weight is 415 g/mol. The van der Waals surface area contributed by atoms with Crippen LogP contribution in [0.25, 0.3) is 21.5 Å². The predicted octanol–water partition coefficient (Wildman–Crippen LogP) is 4.44. The first-order chi connectivity index (χ1) is 14.0. The van der Waals surface area contributed by atoms with E-state index in [1.807, 2.05) is 13.1 Å². The molecule has 1 fully saturated rings. The van der Waals surface area contributed by atoms with Gasteiger partial charge < -0.3 is 10.2 Å². The number of thiophene rings is 1. The third-order valence-corrected chi connectivity index (χ3v) is 7.01. The van der Waals surface area contributed by atoms with Crippen LogP contribution in [0.1, 0.15) is 41.8 Å². The Hall–Kier alpha value is -2.25. The normalized spacial score (nSPS) is 15.3. The van der Waals surface area contributed by atoms with Crippen molar-refractivity contribution in [2.45, 2.75) is 38.1 Å². The molecule has 1 aliphatic carbocycles. The lowest BCUT2D eigenvalue weighted by Gasteiger charge is -2.31. The van der Waals surface area contributed by atoms with Crippen molar-refractivity contribution in [3.05, 3.63) is 41.0 Å². The van der Waals surface area contributed by atoms with Crippen LogP contribution in [0.15, 0.2) is 30.3 Å². The molecule has 154 valence electrons. The molecule has 5 nitrogen and oxygen atoms in total. The minimum Gasteiger partial charge on any atom is -0.350 e. The maximum absolute atomic E-state index is 14.2. The maximum atomic E-state index is 14.2. The van der Waals surface area contributed by atoms with Gasteiger partial charge in [0.2, 0.25) is 0 Å². The lowest BCUT2D eigenvalue weighted by Crippen LogP contribution is -2.39. The van der Waals surface area contributed by atoms with Crippen LogP contribution in [0.5, 0.6) is 0 Å². The number of benzene rings is 1. The zero-order valence-corrected chi connectivity index (χ0v) is 17.8. The van der Waals surface area contributed by atoms with Crippen LogP contribution in [-0.2, 0) is 7.05 Å². The van der Waals surface area contributed by atoms with E-state index >= 15 is 0 Å². The molecule has 2 aromatic heterocycles. The largest absolute Gasteiger partial charge is 0.350 e. The van der Waals surface area contributed by atoms with Gasteiger partial charge in [-0.2, -0.15) is 5.10 Å². The molecule has 0 spiro atoms. The second-order valence-electron chi connectivity index (χ2n) is 7.81. The lowest BCUT2D eigenvalue weighted by molar-refractivity contribution is 0.0948. The van der Waals surface area contributed by atoms with Gasteiger partial charge in [0.25, 0.3) is 5.91 Å². The van der Waals surface area contributed by atoms with Crippen LogP contribution in [0, 0.1) is 5.82 Å². The fraction of sp³-hybridized carbons (Fsp3) is 0.455. The van der Waals surface area contributed by atoms with Gasteiger partial charge in [-0.3, -0.25) is 9.48 Å². The van der Waals surface area contributed by atoms with Crippen molar-refractivity contribution >= 4 is 27.5 Å². The SMILES string of the molecule is CN(CCNC(=O)c1cc2c(-c3ccccc3F)nn(C)c2s1)C1CCCCC1. The summed E-state index contributed by atoms with van der Waals surface area (Å²) in [5.41, 5.74) is 1.03. The average Bonchev–Trinajstić information content (AvgIpc) is 3.30. The molecule has 3 aromatic rings. The van der Waals surface area contributed by atoms with Gasteiger partial charge in [-0.1, -0.05) is 31.4 Å². The van der Waals surface area contributed by atoms with Crippen molar-refractivity contribution in [3.63, 3.8) is 0 Å². The fourth-order valence-electron chi connectivity index (χ4n) is 4.14. The number of aromatic nitrogens is 2. The summed E-state index contributed by atoms with van der Waals surface area (Å²) in [5.74, 6) is -0.391. The molecule has 0 aliphatic heterocycles. The molecular formula is C22H27FN4OS. The number of carbonyl (C=O) groups excluding carboxylic acids is 1. The van der Waals surface area contributed by atoms with E-state index in [-0.39, 0.29) is 11.7 Å². The van der Waals surface area contributed by atoms with Crippen molar-refractivity contribution in [2.24, 2.45) is 7.05 Å². The van der Waals surface area contributed by atoms with E-state index in [9.17, 15) is 9.18 Å². The molecule has 0 saturated heterocycles. The second-order valence-corrected chi connectivity index (χ2v) is 8.84. The van der Waals surface area contributed by atoms with E-state index in [4.69, 9.17) is 0 Å². The highest BCUT2D eigenvalue weighted by Crippen LogP contribution is 2.34. The smallest absolute Gasteiger partial charge is 0.261 e. The topological polar surface area (TPSA) is 50.2 Å². The number of nitrogens with one attached hydrogen (secondary N) is 1. The number of nitrogens with zero attached hydrogens (tertiary/aromatic N) is 3. The molecule has 4 rings (SSSR count). The van der Waals surface area contributed by atoms with Crippen LogP contribution in [0.4, 0.5) is 4.39 Å². The van der Waals surface area contributed by atoms with Crippen molar-refractivity contribution in [1.29, 1.82) is 0 Å². The summed E-state index contributed by atoms with van der Waals surface area (Å²) in [6, 6.07) is 9.07. The summed E-state index contributed by atoms with van der Waals surface area (Å²) < 4.78 is 16.0. The van der Waals surface area contributed by atoms with E-state index in [2.05, 4.69) is 22.4 Å². The van der Waals surface area contributed by atoms with Gasteiger partial charge in [0.15, 0.2) is 0 Å². The van der Waals surface area contributed by atoms with Gasteiger partial charge >= 0.3 is 0 Å². The van der Waals surface area contributed by atoms with E-state index in [0.717, 1.165) is 16.8 Å². The summed E-state index contributed by atoms with van der Waals surface area (Å²) in [6.45, 7) is 1.47. The Morgan fingerprint density at radius 1 is 1.31 bits per heavy atom. The molecule has 2 heterocycles. The first kappa shape index (κ1) is 20.0. The number of rotatable bonds is 6. The standard InChI is InChI=1S/C22H27FN4OS/c1-26(15-8-4-3-5-9-15)13-12-24-21(28)19-14-17-20(25-27(2)22(17)29-19)16-10-6-7-11-18(16)23/h6-7,10-11,14-15H,3-5,8-9,12-13H2,1-2H3,(H,24,28). The molecule has 1 N–H and O–H groups in total. The van der Waals surface area contributed by atoms with E-state index in [1.165, 1.54) is 49.5 Å². The minimum absolute atomic E-state index is 0.0808. The Morgan fingerprint density at radius 2 is 2.07 bits per heavy atom. The van der Waals surface area contributed by atoms with Crippen LogP contribution >= 0.6 is 11.3 Å². The zero-order chi connectivity index (χ0) is 20.4. The molecule has 1 aliphatic rings. The molecular weight excluding hydrogens is 387 g/mol. The Bertz CT molecular complexity index is 1010.